The van der Waals surface area contributed by atoms with Gasteiger partial charge < -0.3 is 9.47 Å². The first-order valence-electron chi connectivity index (χ1n) is 9.28. The molecule has 0 fully saturated rings. The lowest BCUT2D eigenvalue weighted by atomic mass is 10.2. The molecule has 3 rings (SSSR count). The van der Waals surface area contributed by atoms with Crippen molar-refractivity contribution in [2.75, 3.05) is 10.6 Å². The van der Waals surface area contributed by atoms with Crippen LogP contribution in [0.2, 0.25) is 0 Å². The maximum absolute atomic E-state index is 12.2. The molecule has 0 bridgehead atoms. The monoisotopic (exact) mass is 452 g/mol. The van der Waals surface area contributed by atoms with Gasteiger partial charge in [0.2, 0.25) is 0 Å². The van der Waals surface area contributed by atoms with Gasteiger partial charge in [-0.15, -0.1) is 0 Å². The Kier molecular flexibility index (Phi) is 6.78. The molecule has 0 aromatic heterocycles. The minimum atomic E-state index is -0.841. The van der Waals surface area contributed by atoms with Crippen LogP contribution in [-0.4, -0.2) is 22.0 Å². The van der Waals surface area contributed by atoms with Crippen molar-refractivity contribution in [1.82, 2.24) is 0 Å². The molecule has 0 spiro atoms. The molecule has 0 heterocycles. The van der Waals surface area contributed by atoms with Crippen LogP contribution in [0.15, 0.2) is 66.7 Å². The molecule has 0 unspecified atom stereocenters. The molecule has 2 amide bonds. The Labute approximate surface area is 186 Å². The Morgan fingerprint density at radius 3 is 1.64 bits per heavy atom. The minimum Gasteiger partial charge on any atom is -0.410 e. The zero-order valence-corrected chi connectivity index (χ0v) is 17.0. The summed E-state index contributed by atoms with van der Waals surface area (Å²) in [5.74, 6) is 0.215. The molecule has 3 aromatic rings. The summed E-state index contributed by atoms with van der Waals surface area (Å²) < 4.78 is 10.2. The number of carbonyl (C=O) groups excluding carboxylic acids is 2. The van der Waals surface area contributed by atoms with Gasteiger partial charge in [-0.25, -0.2) is 9.59 Å². The lowest BCUT2D eigenvalue weighted by Crippen LogP contribution is -2.19. The van der Waals surface area contributed by atoms with Crippen LogP contribution in [0, 0.1) is 27.2 Å². The predicted molar refractivity (Wildman–Crippen MR) is 117 cm³/mol. The van der Waals surface area contributed by atoms with Crippen molar-refractivity contribution in [2.24, 2.45) is 0 Å². The lowest BCUT2D eigenvalue weighted by molar-refractivity contribution is -0.385. The number of nitro benzene ring substituents is 2. The molecule has 168 valence electrons. The highest BCUT2D eigenvalue weighted by Gasteiger charge is 2.12. The summed E-state index contributed by atoms with van der Waals surface area (Å²) >= 11 is 0. The molecule has 3 aromatic carbocycles. The van der Waals surface area contributed by atoms with E-state index in [1.54, 1.807) is 19.1 Å². The number of hydrogen-bond acceptors (Lipinski definition) is 8. The third-order valence-electron chi connectivity index (χ3n) is 4.24. The average molecular weight is 452 g/mol. The summed E-state index contributed by atoms with van der Waals surface area (Å²) in [5, 5.41) is 26.4. The Hall–Kier alpha value is -5.00. The number of hydrogen-bond donors (Lipinski definition) is 2. The van der Waals surface area contributed by atoms with E-state index in [0.717, 1.165) is 0 Å². The average Bonchev–Trinajstić information content (AvgIpc) is 2.76. The molecule has 0 atom stereocenters. The number of amides is 2. The van der Waals surface area contributed by atoms with E-state index in [1.165, 1.54) is 54.6 Å². The van der Waals surface area contributed by atoms with Gasteiger partial charge in [0.25, 0.3) is 11.4 Å². The van der Waals surface area contributed by atoms with E-state index < -0.39 is 22.0 Å². The van der Waals surface area contributed by atoms with Gasteiger partial charge in [0.05, 0.1) is 9.85 Å². The zero-order valence-electron chi connectivity index (χ0n) is 17.0. The number of non-ortho nitro benzene ring substituents is 2. The first-order valence-corrected chi connectivity index (χ1v) is 9.28. The van der Waals surface area contributed by atoms with Gasteiger partial charge in [0.15, 0.2) is 0 Å². The molecule has 12 nitrogen and oxygen atoms in total. The fourth-order valence-corrected chi connectivity index (χ4v) is 2.60. The molecule has 12 heteroatoms. The smallest absolute Gasteiger partial charge is 0.410 e. The van der Waals surface area contributed by atoms with Crippen LogP contribution < -0.4 is 20.1 Å². The van der Waals surface area contributed by atoms with Crippen molar-refractivity contribution in [3.8, 4) is 11.5 Å². The summed E-state index contributed by atoms with van der Waals surface area (Å²) in [7, 11) is 0. The maximum Gasteiger partial charge on any atom is 0.417 e. The quantitative estimate of drug-likeness (QED) is 0.388. The maximum atomic E-state index is 12.2. The highest BCUT2D eigenvalue weighted by atomic mass is 16.6. The van der Waals surface area contributed by atoms with E-state index in [9.17, 15) is 29.8 Å². The summed E-state index contributed by atoms with van der Waals surface area (Å²) in [4.78, 5) is 44.5. The van der Waals surface area contributed by atoms with Gasteiger partial charge in [-0.05, 0) is 48.9 Å². The van der Waals surface area contributed by atoms with E-state index in [0.29, 0.717) is 16.9 Å². The summed E-state index contributed by atoms with van der Waals surface area (Å²) in [5.41, 5.74) is 1.04. The number of benzene rings is 3. The fraction of sp³-hybridized carbons (Fsp3) is 0.0476. The highest BCUT2D eigenvalue weighted by molar-refractivity contribution is 5.91. The number of anilines is 2. The molecule has 0 aliphatic rings. The number of nitrogens with one attached hydrogen (secondary N) is 2. The second-order valence-electron chi connectivity index (χ2n) is 6.56. The third kappa shape index (κ3) is 6.24. The molecule has 0 aliphatic heterocycles. The van der Waals surface area contributed by atoms with E-state index in [-0.39, 0.29) is 22.9 Å². The van der Waals surface area contributed by atoms with Crippen LogP contribution >= 0.6 is 0 Å². The molecule has 33 heavy (non-hydrogen) atoms. The number of rotatable bonds is 6. The number of ether oxygens (including phenoxy) is 2. The van der Waals surface area contributed by atoms with E-state index in [1.807, 2.05) is 0 Å². The molecular formula is C21H16N4O8. The normalized spacial score (nSPS) is 10.1. The van der Waals surface area contributed by atoms with Crippen molar-refractivity contribution in [2.45, 2.75) is 6.92 Å². The number of carbonyl (C=O) groups is 2. The lowest BCUT2D eigenvalue weighted by Gasteiger charge is -2.12. The first kappa shape index (κ1) is 22.7. The molecule has 0 aliphatic carbocycles. The Bertz CT molecular complexity index is 1210. The molecule has 0 radical (unpaired) electrons. The summed E-state index contributed by atoms with van der Waals surface area (Å²) in [6.07, 6.45) is -1.68. The van der Waals surface area contributed by atoms with E-state index in [2.05, 4.69) is 10.6 Å². The second kappa shape index (κ2) is 9.87. The first-order chi connectivity index (χ1) is 15.7. The number of nitro groups is 2. The van der Waals surface area contributed by atoms with Crippen LogP contribution in [0.3, 0.4) is 0 Å². The van der Waals surface area contributed by atoms with Crippen molar-refractivity contribution in [1.29, 1.82) is 0 Å². The van der Waals surface area contributed by atoms with Gasteiger partial charge in [-0.1, -0.05) is 6.07 Å². The van der Waals surface area contributed by atoms with Gasteiger partial charge in [-0.2, -0.15) is 0 Å². The molecule has 0 saturated heterocycles. The Balaban J connectivity index is 1.61. The predicted octanol–water partition coefficient (Wildman–Crippen LogP) is 5.03. The van der Waals surface area contributed by atoms with E-state index in [4.69, 9.17) is 9.47 Å². The van der Waals surface area contributed by atoms with Gasteiger partial charge in [0.1, 0.15) is 11.5 Å². The van der Waals surface area contributed by atoms with Crippen molar-refractivity contribution in [3.63, 3.8) is 0 Å². The van der Waals surface area contributed by atoms with Crippen LogP contribution in [-0.2, 0) is 0 Å². The summed E-state index contributed by atoms with van der Waals surface area (Å²) in [6.45, 7) is 1.72. The number of nitrogens with zero attached hydrogens (tertiary/aromatic N) is 2. The SMILES string of the molecule is Cc1ccc(NC(=O)Oc2ccc([N+](=O)[O-])cc2)cc1NC(=O)Oc1ccc([N+](=O)[O-])cc1. The van der Waals surface area contributed by atoms with Gasteiger partial charge >= 0.3 is 12.2 Å². The minimum absolute atomic E-state index is 0.107. The largest absolute Gasteiger partial charge is 0.417 e. The van der Waals surface area contributed by atoms with Crippen molar-refractivity contribution >= 4 is 34.9 Å². The molecule has 0 saturated carbocycles. The number of aryl methyl sites for hydroxylation is 1. The van der Waals surface area contributed by atoms with Gasteiger partial charge in [0, 0.05) is 35.6 Å². The fourth-order valence-electron chi connectivity index (χ4n) is 2.60. The topological polar surface area (TPSA) is 163 Å². The Morgan fingerprint density at radius 2 is 1.18 bits per heavy atom. The second-order valence-corrected chi connectivity index (χ2v) is 6.56. The Morgan fingerprint density at radius 1 is 0.727 bits per heavy atom. The van der Waals surface area contributed by atoms with Crippen LogP contribution in [0.4, 0.5) is 32.3 Å². The van der Waals surface area contributed by atoms with E-state index >= 15 is 0 Å². The zero-order chi connectivity index (χ0) is 24.0. The van der Waals surface area contributed by atoms with Crippen LogP contribution in [0.25, 0.3) is 0 Å². The standard InChI is InChI=1S/C21H16N4O8/c1-13-2-3-14(22-20(26)32-17-8-4-15(5-9-17)24(28)29)12-19(13)23-21(27)33-18-10-6-16(7-11-18)25(30)31/h2-12H,1H3,(H,22,26)(H,23,27). The summed E-state index contributed by atoms with van der Waals surface area (Å²) in [6, 6.07) is 14.7. The van der Waals surface area contributed by atoms with Crippen LogP contribution in [0.1, 0.15) is 5.56 Å². The van der Waals surface area contributed by atoms with Crippen molar-refractivity contribution < 1.29 is 28.9 Å². The molecule has 2 N–H and O–H groups in total. The van der Waals surface area contributed by atoms with Crippen LogP contribution in [0.5, 0.6) is 11.5 Å². The highest BCUT2D eigenvalue weighted by Crippen LogP contribution is 2.23. The van der Waals surface area contributed by atoms with Crippen molar-refractivity contribution in [3.05, 3.63) is 92.5 Å². The van der Waals surface area contributed by atoms with Gasteiger partial charge in [-0.3, -0.25) is 30.9 Å². The molecular weight excluding hydrogens is 436 g/mol. The third-order valence-corrected chi connectivity index (χ3v) is 4.24.